The van der Waals surface area contributed by atoms with Crippen LogP contribution < -0.4 is 0 Å². The molecule has 0 fully saturated rings. The van der Waals surface area contributed by atoms with Crippen molar-refractivity contribution in [1.29, 1.82) is 0 Å². The fourth-order valence-electron chi connectivity index (χ4n) is 2.38. The van der Waals surface area contributed by atoms with Gasteiger partial charge in [0.15, 0.2) is 5.17 Å². The number of thioether (sulfide) groups is 1. The van der Waals surface area contributed by atoms with Gasteiger partial charge in [0.05, 0.1) is 0 Å². The molecule has 114 valence electrons. The number of rotatable bonds is 4. The van der Waals surface area contributed by atoms with Gasteiger partial charge in [0.25, 0.3) is 0 Å². The Kier molecular flexibility index (Phi) is 5.35. The van der Waals surface area contributed by atoms with Crippen LogP contribution in [0.1, 0.15) is 17.5 Å². The summed E-state index contributed by atoms with van der Waals surface area (Å²) in [6.45, 7) is 2.47. The Morgan fingerprint density at radius 3 is 2.77 bits per heavy atom. The summed E-state index contributed by atoms with van der Waals surface area (Å²) >= 11 is 8.15. The Bertz CT molecular complexity index is 645. The van der Waals surface area contributed by atoms with E-state index < -0.39 is 0 Å². The van der Waals surface area contributed by atoms with Crippen molar-refractivity contribution in [3.05, 3.63) is 64.9 Å². The molecule has 0 aliphatic carbocycles. The van der Waals surface area contributed by atoms with Gasteiger partial charge in [0.1, 0.15) is 0 Å². The fraction of sp³-hybridized carbons (Fsp3) is 0.294. The van der Waals surface area contributed by atoms with Crippen molar-refractivity contribution in [2.75, 3.05) is 12.3 Å². The van der Waals surface area contributed by atoms with E-state index in [-0.39, 0.29) is 0 Å². The second-order valence-electron chi connectivity index (χ2n) is 5.18. The van der Waals surface area contributed by atoms with E-state index in [9.17, 15) is 0 Å². The second kappa shape index (κ2) is 7.65. The normalized spacial score (nSPS) is 14.5. The summed E-state index contributed by atoms with van der Waals surface area (Å²) in [5.41, 5.74) is 2.31. The molecule has 0 saturated heterocycles. The smallest absolute Gasteiger partial charge is 0.159 e. The maximum absolute atomic E-state index is 6.32. The van der Waals surface area contributed by atoms with Crippen LogP contribution in [0.2, 0.25) is 5.02 Å². The molecule has 0 radical (unpaired) electrons. The lowest BCUT2D eigenvalue weighted by Crippen LogP contribution is -2.30. The summed E-state index contributed by atoms with van der Waals surface area (Å²) in [5, 5.41) is 1.91. The van der Waals surface area contributed by atoms with E-state index >= 15 is 0 Å². The van der Waals surface area contributed by atoms with Crippen molar-refractivity contribution in [1.82, 2.24) is 9.88 Å². The number of pyridine rings is 1. The lowest BCUT2D eigenvalue weighted by Gasteiger charge is -2.28. The van der Waals surface area contributed by atoms with Crippen molar-refractivity contribution in [3.63, 3.8) is 0 Å². The first kappa shape index (κ1) is 15.4. The number of aliphatic imine (C=N–C) groups is 1. The SMILES string of the molecule is Clc1ccccc1CN(Cc1cccnc1)C1=NCCCS1. The molecule has 0 bridgehead atoms. The van der Waals surface area contributed by atoms with Crippen LogP contribution in [0.3, 0.4) is 0 Å². The molecule has 1 aliphatic rings. The van der Waals surface area contributed by atoms with Gasteiger partial charge in [-0.05, 0) is 29.7 Å². The first-order valence-corrected chi connectivity index (χ1v) is 8.74. The van der Waals surface area contributed by atoms with Gasteiger partial charge in [-0.1, -0.05) is 47.6 Å². The molecule has 3 rings (SSSR count). The third-order valence-corrected chi connectivity index (χ3v) is 4.97. The molecule has 5 heteroatoms. The molecule has 22 heavy (non-hydrogen) atoms. The maximum atomic E-state index is 6.32. The van der Waals surface area contributed by atoms with Gasteiger partial charge in [-0.15, -0.1) is 0 Å². The highest BCUT2D eigenvalue weighted by atomic mass is 35.5. The summed E-state index contributed by atoms with van der Waals surface area (Å²) in [6, 6.07) is 12.1. The molecule has 1 aromatic heterocycles. The highest BCUT2D eigenvalue weighted by molar-refractivity contribution is 8.13. The minimum absolute atomic E-state index is 0.764. The standard InChI is InChI=1S/C17H18ClN3S/c18-16-7-2-1-6-15(16)13-21(17-20-9-4-10-22-17)12-14-5-3-8-19-11-14/h1-3,5-8,11H,4,9-10,12-13H2. The van der Waals surface area contributed by atoms with Crippen LogP contribution >= 0.6 is 23.4 Å². The van der Waals surface area contributed by atoms with Crippen molar-refractivity contribution < 1.29 is 0 Å². The average Bonchev–Trinajstić information content (AvgIpc) is 2.58. The molecule has 0 saturated carbocycles. The largest absolute Gasteiger partial charge is 0.343 e. The van der Waals surface area contributed by atoms with Crippen molar-refractivity contribution in [2.24, 2.45) is 4.99 Å². The lowest BCUT2D eigenvalue weighted by molar-refractivity contribution is 0.412. The molecule has 1 aromatic carbocycles. The molecule has 1 aliphatic heterocycles. The summed E-state index contributed by atoms with van der Waals surface area (Å²) in [6.07, 6.45) is 4.86. The van der Waals surface area contributed by atoms with Crippen LogP contribution in [0.4, 0.5) is 0 Å². The van der Waals surface area contributed by atoms with Gasteiger partial charge in [-0.2, -0.15) is 0 Å². The summed E-state index contributed by atoms with van der Waals surface area (Å²) < 4.78 is 0. The average molecular weight is 332 g/mol. The monoisotopic (exact) mass is 331 g/mol. The molecule has 3 nitrogen and oxygen atoms in total. The molecular weight excluding hydrogens is 314 g/mol. The number of halogens is 1. The van der Waals surface area contributed by atoms with Crippen LogP contribution in [0.5, 0.6) is 0 Å². The summed E-state index contributed by atoms with van der Waals surface area (Å²) in [4.78, 5) is 11.2. The van der Waals surface area contributed by atoms with Crippen molar-refractivity contribution >= 4 is 28.5 Å². The highest BCUT2D eigenvalue weighted by Gasteiger charge is 2.17. The number of aromatic nitrogens is 1. The Hall–Kier alpha value is -1.52. The zero-order valence-electron chi connectivity index (χ0n) is 12.3. The van der Waals surface area contributed by atoms with E-state index in [2.05, 4.69) is 22.0 Å². The van der Waals surface area contributed by atoms with Crippen LogP contribution in [0.25, 0.3) is 0 Å². The van der Waals surface area contributed by atoms with Gasteiger partial charge in [-0.25, -0.2) is 0 Å². The number of amidine groups is 1. The van der Waals surface area contributed by atoms with Crippen LogP contribution in [-0.2, 0) is 13.1 Å². The third kappa shape index (κ3) is 4.02. The predicted octanol–water partition coefficient (Wildman–Crippen LogP) is 4.23. The minimum Gasteiger partial charge on any atom is -0.343 e. The highest BCUT2D eigenvalue weighted by Crippen LogP contribution is 2.23. The Morgan fingerprint density at radius 2 is 2.05 bits per heavy atom. The fourth-order valence-corrected chi connectivity index (χ4v) is 3.52. The van der Waals surface area contributed by atoms with E-state index in [1.54, 1.807) is 6.20 Å². The quantitative estimate of drug-likeness (QED) is 0.839. The summed E-state index contributed by atoms with van der Waals surface area (Å²) in [7, 11) is 0. The predicted molar refractivity (Wildman–Crippen MR) is 94.3 cm³/mol. The Balaban J connectivity index is 1.82. The van der Waals surface area contributed by atoms with Crippen molar-refractivity contribution in [2.45, 2.75) is 19.5 Å². The number of nitrogens with zero attached hydrogens (tertiary/aromatic N) is 3. The van der Waals surface area contributed by atoms with Gasteiger partial charge in [0.2, 0.25) is 0 Å². The van der Waals surface area contributed by atoms with Crippen molar-refractivity contribution in [3.8, 4) is 0 Å². The number of benzene rings is 1. The minimum atomic E-state index is 0.764. The van der Waals surface area contributed by atoms with Gasteiger partial charge < -0.3 is 4.90 Å². The van der Waals surface area contributed by atoms with E-state index in [1.807, 2.05) is 42.2 Å². The second-order valence-corrected chi connectivity index (χ2v) is 6.64. The summed E-state index contributed by atoms with van der Waals surface area (Å²) in [5.74, 6) is 1.13. The molecule has 0 amide bonds. The van der Waals surface area contributed by atoms with E-state index in [4.69, 9.17) is 16.6 Å². The van der Waals surface area contributed by atoms with Gasteiger partial charge in [-0.3, -0.25) is 9.98 Å². The molecule has 2 heterocycles. The Morgan fingerprint density at radius 1 is 1.14 bits per heavy atom. The van der Waals surface area contributed by atoms with Gasteiger partial charge in [0, 0.05) is 42.8 Å². The molecule has 0 spiro atoms. The number of hydrogen-bond acceptors (Lipinski definition) is 4. The van der Waals surface area contributed by atoms with Crippen LogP contribution in [0.15, 0.2) is 53.8 Å². The maximum Gasteiger partial charge on any atom is 0.159 e. The lowest BCUT2D eigenvalue weighted by atomic mass is 10.2. The molecule has 0 atom stereocenters. The van der Waals surface area contributed by atoms with E-state index in [0.29, 0.717) is 0 Å². The first-order chi connectivity index (χ1) is 10.8. The molecule has 0 unspecified atom stereocenters. The molecular formula is C17H18ClN3S. The topological polar surface area (TPSA) is 28.5 Å². The zero-order valence-corrected chi connectivity index (χ0v) is 13.9. The third-order valence-electron chi connectivity index (χ3n) is 3.47. The first-order valence-electron chi connectivity index (χ1n) is 7.37. The number of hydrogen-bond donors (Lipinski definition) is 0. The van der Waals surface area contributed by atoms with E-state index in [0.717, 1.165) is 47.6 Å². The van der Waals surface area contributed by atoms with Crippen LogP contribution in [-0.4, -0.2) is 27.3 Å². The van der Waals surface area contributed by atoms with Crippen LogP contribution in [0, 0.1) is 0 Å². The van der Waals surface area contributed by atoms with E-state index in [1.165, 1.54) is 5.56 Å². The van der Waals surface area contributed by atoms with Gasteiger partial charge >= 0.3 is 0 Å². The molecule has 2 aromatic rings. The molecule has 0 N–H and O–H groups in total. The zero-order chi connectivity index (χ0) is 15.2. The Labute approximate surface area is 140 Å².